The molecule has 1 aliphatic rings. The molecule has 80 valence electrons. The number of nitrogens with zero attached hydrogens (tertiary/aromatic N) is 1. The molecule has 2 aromatic rings. The number of aromatic nitrogens is 1. The van der Waals surface area contributed by atoms with E-state index in [9.17, 15) is 0 Å². The van der Waals surface area contributed by atoms with Crippen LogP contribution in [0.15, 0.2) is 48.6 Å². The molecule has 2 nitrogen and oxygen atoms in total. The third-order valence-corrected chi connectivity index (χ3v) is 2.96. The number of anilines is 1. The topological polar surface area (TPSA) is 24.9 Å². The van der Waals surface area contributed by atoms with Gasteiger partial charge in [-0.3, -0.25) is 0 Å². The first kappa shape index (κ1) is 9.40. The molecule has 0 bridgehead atoms. The number of fused-ring (bicyclic) bond motifs is 1. The summed E-state index contributed by atoms with van der Waals surface area (Å²) in [5.74, 6) is 0.979. The van der Waals surface area contributed by atoms with E-state index >= 15 is 0 Å². The Kier molecular flexibility index (Phi) is 2.33. The lowest BCUT2D eigenvalue weighted by molar-refractivity contribution is 0.782. The van der Waals surface area contributed by atoms with Gasteiger partial charge in [-0.1, -0.05) is 30.4 Å². The number of pyridine rings is 1. The zero-order valence-corrected chi connectivity index (χ0v) is 9.06. The fourth-order valence-corrected chi connectivity index (χ4v) is 2.09. The Bertz CT molecular complexity index is 523. The van der Waals surface area contributed by atoms with Gasteiger partial charge in [0.2, 0.25) is 0 Å². The van der Waals surface area contributed by atoms with E-state index < -0.39 is 0 Å². The molecule has 0 atom stereocenters. The highest BCUT2D eigenvalue weighted by Gasteiger charge is 2.09. The van der Waals surface area contributed by atoms with Crippen molar-refractivity contribution in [2.45, 2.75) is 18.9 Å². The first-order valence-corrected chi connectivity index (χ1v) is 5.69. The molecule has 1 heterocycles. The zero-order chi connectivity index (χ0) is 10.8. The van der Waals surface area contributed by atoms with E-state index in [-0.39, 0.29) is 0 Å². The number of benzene rings is 1. The number of rotatable bonds is 2. The summed E-state index contributed by atoms with van der Waals surface area (Å²) in [5, 5.41) is 4.65. The summed E-state index contributed by atoms with van der Waals surface area (Å²) in [5.41, 5.74) is 1.05. The fourth-order valence-electron chi connectivity index (χ4n) is 2.09. The molecule has 0 aliphatic heterocycles. The van der Waals surface area contributed by atoms with Crippen molar-refractivity contribution in [2.24, 2.45) is 0 Å². The number of nitrogens with one attached hydrogen (secondary N) is 1. The molecule has 0 unspecified atom stereocenters. The van der Waals surface area contributed by atoms with Gasteiger partial charge in [-0.15, -0.1) is 0 Å². The Labute approximate surface area is 95.0 Å². The molecule has 16 heavy (non-hydrogen) atoms. The highest BCUT2D eigenvalue weighted by molar-refractivity contribution is 5.80. The molecule has 0 saturated heterocycles. The van der Waals surface area contributed by atoms with E-state index in [1.165, 1.54) is 5.39 Å². The molecule has 0 amide bonds. The second-order valence-electron chi connectivity index (χ2n) is 4.17. The van der Waals surface area contributed by atoms with E-state index in [2.05, 4.69) is 40.7 Å². The van der Waals surface area contributed by atoms with Gasteiger partial charge in [-0.25, -0.2) is 4.98 Å². The molecular formula is C14H14N2. The molecular weight excluding hydrogens is 196 g/mol. The van der Waals surface area contributed by atoms with Crippen LogP contribution in [0.25, 0.3) is 10.9 Å². The number of hydrogen-bond acceptors (Lipinski definition) is 2. The Hall–Kier alpha value is -1.83. The number of para-hydroxylation sites is 1. The molecule has 1 aromatic heterocycles. The van der Waals surface area contributed by atoms with Crippen LogP contribution >= 0.6 is 0 Å². The van der Waals surface area contributed by atoms with Crippen molar-refractivity contribution in [1.29, 1.82) is 0 Å². The maximum atomic E-state index is 4.60. The minimum absolute atomic E-state index is 0.522. The summed E-state index contributed by atoms with van der Waals surface area (Å²) in [6.45, 7) is 0. The average Bonchev–Trinajstić information content (AvgIpc) is 2.82. The van der Waals surface area contributed by atoms with Gasteiger partial charge in [0, 0.05) is 11.4 Å². The van der Waals surface area contributed by atoms with Crippen LogP contribution < -0.4 is 5.32 Å². The molecule has 1 N–H and O–H groups in total. The monoisotopic (exact) mass is 210 g/mol. The van der Waals surface area contributed by atoms with Crippen LogP contribution in [0.2, 0.25) is 0 Å². The second-order valence-corrected chi connectivity index (χ2v) is 4.17. The van der Waals surface area contributed by atoms with E-state index in [4.69, 9.17) is 0 Å². The van der Waals surface area contributed by atoms with Crippen molar-refractivity contribution >= 4 is 16.7 Å². The van der Waals surface area contributed by atoms with Gasteiger partial charge in [0.25, 0.3) is 0 Å². The van der Waals surface area contributed by atoms with E-state index in [1.54, 1.807) is 0 Å². The zero-order valence-electron chi connectivity index (χ0n) is 9.06. The molecule has 0 saturated carbocycles. The van der Waals surface area contributed by atoms with Gasteiger partial charge in [0.1, 0.15) is 5.82 Å². The van der Waals surface area contributed by atoms with Crippen molar-refractivity contribution in [2.75, 3.05) is 5.32 Å². The van der Waals surface area contributed by atoms with Crippen molar-refractivity contribution in [3.8, 4) is 0 Å². The average molecular weight is 210 g/mol. The van der Waals surface area contributed by atoms with Gasteiger partial charge < -0.3 is 5.32 Å². The van der Waals surface area contributed by atoms with Crippen molar-refractivity contribution in [3.63, 3.8) is 0 Å². The molecule has 0 fully saturated rings. The van der Waals surface area contributed by atoms with Crippen LogP contribution in [0.3, 0.4) is 0 Å². The summed E-state index contributed by atoms with van der Waals surface area (Å²) in [7, 11) is 0. The van der Waals surface area contributed by atoms with Crippen molar-refractivity contribution in [1.82, 2.24) is 4.98 Å². The number of hydrogen-bond donors (Lipinski definition) is 1. The van der Waals surface area contributed by atoms with Crippen LogP contribution in [-0.2, 0) is 0 Å². The summed E-state index contributed by atoms with van der Waals surface area (Å²) in [6.07, 6.45) is 6.65. The Balaban J connectivity index is 1.87. The Morgan fingerprint density at radius 1 is 1.00 bits per heavy atom. The third kappa shape index (κ3) is 1.78. The van der Waals surface area contributed by atoms with Crippen LogP contribution in [-0.4, -0.2) is 11.0 Å². The van der Waals surface area contributed by atoms with Gasteiger partial charge in [0.05, 0.1) is 5.52 Å². The summed E-state index contributed by atoms with van der Waals surface area (Å²) >= 11 is 0. The Morgan fingerprint density at radius 2 is 1.81 bits per heavy atom. The highest BCUT2D eigenvalue weighted by Crippen LogP contribution is 2.18. The van der Waals surface area contributed by atoms with Crippen LogP contribution in [0.1, 0.15) is 12.8 Å². The normalized spacial score (nSPS) is 15.8. The lowest BCUT2D eigenvalue weighted by Crippen LogP contribution is -2.15. The molecule has 1 aliphatic carbocycles. The van der Waals surface area contributed by atoms with E-state index in [1.807, 2.05) is 18.2 Å². The molecule has 3 rings (SSSR count). The van der Waals surface area contributed by atoms with Crippen molar-refractivity contribution in [3.05, 3.63) is 48.6 Å². The lowest BCUT2D eigenvalue weighted by Gasteiger charge is -2.12. The smallest absolute Gasteiger partial charge is 0.126 e. The fraction of sp³-hybridized carbons (Fsp3) is 0.214. The van der Waals surface area contributed by atoms with Crippen LogP contribution in [0.4, 0.5) is 5.82 Å². The standard InChI is InChI=1S/C14H14N2/c1-4-8-13-11(5-1)9-10-14(16-13)15-12-6-2-3-7-12/h1-5,8-10,12H,6-7H2,(H,15,16). The SMILES string of the molecule is C1=CCC(Nc2ccc3ccccc3n2)C1. The predicted molar refractivity (Wildman–Crippen MR) is 67.5 cm³/mol. The van der Waals surface area contributed by atoms with E-state index in [0.29, 0.717) is 6.04 Å². The summed E-state index contributed by atoms with van der Waals surface area (Å²) in [6, 6.07) is 12.9. The maximum absolute atomic E-state index is 4.60. The molecule has 2 heteroatoms. The molecule has 0 spiro atoms. The van der Waals surface area contributed by atoms with Crippen LogP contribution in [0, 0.1) is 0 Å². The maximum Gasteiger partial charge on any atom is 0.126 e. The van der Waals surface area contributed by atoms with Crippen molar-refractivity contribution < 1.29 is 0 Å². The lowest BCUT2D eigenvalue weighted by atomic mass is 10.2. The molecule has 1 aromatic carbocycles. The Morgan fingerprint density at radius 3 is 2.69 bits per heavy atom. The van der Waals surface area contributed by atoms with Gasteiger partial charge in [-0.05, 0) is 31.0 Å². The minimum Gasteiger partial charge on any atom is -0.367 e. The summed E-state index contributed by atoms with van der Waals surface area (Å²) in [4.78, 5) is 4.60. The predicted octanol–water partition coefficient (Wildman–Crippen LogP) is 3.37. The molecule has 0 radical (unpaired) electrons. The third-order valence-electron chi connectivity index (χ3n) is 2.96. The first-order chi connectivity index (χ1) is 7.92. The van der Waals surface area contributed by atoms with Gasteiger partial charge >= 0.3 is 0 Å². The van der Waals surface area contributed by atoms with Crippen LogP contribution in [0.5, 0.6) is 0 Å². The van der Waals surface area contributed by atoms with E-state index in [0.717, 1.165) is 24.2 Å². The highest BCUT2D eigenvalue weighted by atomic mass is 15.0. The van der Waals surface area contributed by atoms with Gasteiger partial charge in [-0.2, -0.15) is 0 Å². The minimum atomic E-state index is 0.522. The quantitative estimate of drug-likeness (QED) is 0.769. The van der Waals surface area contributed by atoms with Gasteiger partial charge in [0.15, 0.2) is 0 Å². The first-order valence-electron chi connectivity index (χ1n) is 5.69. The summed E-state index contributed by atoms with van der Waals surface area (Å²) < 4.78 is 0. The largest absolute Gasteiger partial charge is 0.367 e. The second kappa shape index (κ2) is 3.97.